The molecule has 0 radical (unpaired) electrons. The number of rotatable bonds is 8. The minimum absolute atomic E-state index is 0.779. The van der Waals surface area contributed by atoms with E-state index in [1.165, 1.54) is 0 Å². The number of nitrogens with zero attached hydrogens (tertiary/aromatic N) is 6. The van der Waals surface area contributed by atoms with Gasteiger partial charge < -0.3 is 0 Å². The third kappa shape index (κ3) is 8.15. The van der Waals surface area contributed by atoms with E-state index in [0.29, 0.717) is 0 Å². The topological polar surface area (TPSA) is 49.7 Å². The van der Waals surface area contributed by atoms with E-state index in [0.717, 1.165) is 44.8 Å². The van der Waals surface area contributed by atoms with Crippen LogP contribution in [0, 0.1) is 20.8 Å². The fourth-order valence-electron chi connectivity index (χ4n) is 4.98. The van der Waals surface area contributed by atoms with Gasteiger partial charge >= 0.3 is 40.9 Å². The standard InChI is InChI=1S/C30H34N6OP.F6P/c1-23-15-7-11-19-27(23)33(4)38(34(5)28-20-12-8-16-24(28)2,35(6)29-21-13-9-17-25(29)3)37-36-30-22-14-10-18-26(30)31-32-36;1-7(2,3,4,5)6/h7-22H,1-6H3;/q+1;-1. The minimum atomic E-state index is -10.7. The SMILES string of the molecule is Cc1ccccc1N(C)[P+](On1nnc2ccccc21)(N(C)c1ccccc1C)N(C)c1ccccc1C.F[P-](F)(F)(F)(F)F. The molecule has 1 aromatic heterocycles. The Hall–Kier alpha value is -4.08. The number of fused-ring (bicyclic) bond motifs is 1. The summed E-state index contributed by atoms with van der Waals surface area (Å²) in [4.78, 5) is 1.58. The molecule has 0 unspecified atom stereocenters. The molecule has 15 heteroatoms. The summed E-state index contributed by atoms with van der Waals surface area (Å²) in [5.41, 5.74) is 8.28. The Morgan fingerprint density at radius 1 is 0.578 bits per heavy atom. The predicted octanol–water partition coefficient (Wildman–Crippen LogP) is 10.3. The van der Waals surface area contributed by atoms with Gasteiger partial charge in [0.2, 0.25) is 0 Å². The van der Waals surface area contributed by atoms with Gasteiger partial charge in [0.05, 0.1) is 38.2 Å². The molecule has 0 bridgehead atoms. The maximum absolute atomic E-state index is 10.7. The summed E-state index contributed by atoms with van der Waals surface area (Å²) in [7, 11) is -7.28. The van der Waals surface area contributed by atoms with Gasteiger partial charge in [0.15, 0.2) is 0 Å². The van der Waals surface area contributed by atoms with E-state index in [2.05, 4.69) is 139 Å². The summed E-state index contributed by atoms with van der Waals surface area (Å²) in [6.45, 7) is 6.40. The van der Waals surface area contributed by atoms with Crippen molar-refractivity contribution in [3.8, 4) is 0 Å². The summed E-state index contributed by atoms with van der Waals surface area (Å²) in [6.07, 6.45) is 0. The zero-order valence-electron chi connectivity index (χ0n) is 25.5. The van der Waals surface area contributed by atoms with Crippen LogP contribution in [0.1, 0.15) is 16.7 Å². The first-order valence-corrected chi connectivity index (χ1v) is 17.2. The van der Waals surface area contributed by atoms with Crippen LogP contribution < -0.4 is 18.6 Å². The van der Waals surface area contributed by atoms with Crippen molar-refractivity contribution in [3.63, 3.8) is 0 Å². The molecule has 5 aromatic rings. The van der Waals surface area contributed by atoms with Crippen molar-refractivity contribution in [2.45, 2.75) is 20.8 Å². The summed E-state index contributed by atoms with van der Waals surface area (Å²) in [5, 5.41) is 8.87. The van der Waals surface area contributed by atoms with Gasteiger partial charge in [-0.25, -0.2) is 0 Å². The quantitative estimate of drug-likeness (QED) is 0.121. The third-order valence-electron chi connectivity index (χ3n) is 7.07. The monoisotopic (exact) mass is 670 g/mol. The molecule has 4 aromatic carbocycles. The van der Waals surface area contributed by atoms with Crippen LogP contribution in [0.4, 0.5) is 42.2 Å². The first kappa shape index (κ1) is 33.8. The molecule has 0 aliphatic heterocycles. The number of anilines is 3. The van der Waals surface area contributed by atoms with Gasteiger partial charge in [0.1, 0.15) is 11.0 Å². The number of hydrogen-bond donors (Lipinski definition) is 0. The molecule has 45 heavy (non-hydrogen) atoms. The Kier molecular flexibility index (Phi) is 8.78. The number of aromatic nitrogens is 3. The molecule has 7 nitrogen and oxygen atoms in total. The zero-order chi connectivity index (χ0) is 33.3. The number of hydrogen-bond acceptors (Lipinski definition) is 6. The van der Waals surface area contributed by atoms with Gasteiger partial charge in [-0.1, -0.05) is 66.7 Å². The molecule has 0 aliphatic rings. The summed E-state index contributed by atoms with van der Waals surface area (Å²) in [5.74, 6) is 0. The molecule has 0 saturated heterocycles. The van der Waals surface area contributed by atoms with E-state index in [1.807, 2.05) is 24.3 Å². The molecule has 0 fully saturated rings. The summed E-state index contributed by atoms with van der Waals surface area (Å²) in [6, 6.07) is 33.1. The van der Waals surface area contributed by atoms with Crippen LogP contribution in [0.5, 0.6) is 0 Å². The van der Waals surface area contributed by atoms with Crippen LogP contribution in [-0.2, 0) is 0 Å². The van der Waals surface area contributed by atoms with Crippen LogP contribution in [0.3, 0.4) is 0 Å². The Balaban J connectivity index is 0.000000591. The van der Waals surface area contributed by atoms with Gasteiger partial charge in [0, 0.05) is 0 Å². The van der Waals surface area contributed by atoms with E-state index in [-0.39, 0.29) is 0 Å². The van der Waals surface area contributed by atoms with E-state index >= 15 is 0 Å². The molecule has 0 saturated carbocycles. The fourth-order valence-corrected chi connectivity index (χ4v) is 8.36. The van der Waals surface area contributed by atoms with Crippen molar-refractivity contribution in [2.24, 2.45) is 0 Å². The first-order valence-electron chi connectivity index (χ1n) is 13.6. The van der Waals surface area contributed by atoms with Crippen LogP contribution in [0.2, 0.25) is 0 Å². The molecular weight excluding hydrogens is 636 g/mol. The molecule has 1 heterocycles. The van der Waals surface area contributed by atoms with Crippen molar-refractivity contribution >= 4 is 43.8 Å². The predicted molar refractivity (Wildman–Crippen MR) is 173 cm³/mol. The molecule has 0 atom stereocenters. The Labute approximate surface area is 258 Å². The second-order valence-corrected chi connectivity index (χ2v) is 15.3. The second kappa shape index (κ2) is 11.7. The normalized spacial score (nSPS) is 13.2. The zero-order valence-corrected chi connectivity index (χ0v) is 27.3. The molecule has 5 rings (SSSR count). The van der Waals surface area contributed by atoms with Crippen molar-refractivity contribution in [1.29, 1.82) is 0 Å². The molecule has 0 amide bonds. The van der Waals surface area contributed by atoms with Crippen LogP contribution >= 0.6 is 15.8 Å². The van der Waals surface area contributed by atoms with Crippen LogP contribution in [0.15, 0.2) is 97.1 Å². The summed E-state index contributed by atoms with van der Waals surface area (Å²) >= 11 is 0. The van der Waals surface area contributed by atoms with E-state index < -0.39 is 15.8 Å². The average Bonchev–Trinajstić information content (AvgIpc) is 3.36. The Morgan fingerprint density at radius 3 is 1.29 bits per heavy atom. The molecule has 0 spiro atoms. The van der Waals surface area contributed by atoms with E-state index in [9.17, 15) is 25.2 Å². The van der Waals surface area contributed by atoms with Gasteiger partial charge in [-0.15, -0.1) is 5.10 Å². The molecule has 0 aliphatic carbocycles. The number of benzene rings is 4. The summed E-state index contributed by atoms with van der Waals surface area (Å²) < 4.78 is 73.2. The first-order chi connectivity index (χ1) is 20.8. The van der Waals surface area contributed by atoms with Crippen molar-refractivity contribution < 1.29 is 29.8 Å². The van der Waals surface area contributed by atoms with Crippen molar-refractivity contribution in [1.82, 2.24) is 15.2 Å². The number of halogens is 6. The van der Waals surface area contributed by atoms with Crippen molar-refractivity contribution in [2.75, 3.05) is 35.2 Å². The van der Waals surface area contributed by atoms with Crippen LogP contribution in [0.25, 0.3) is 11.0 Å². The van der Waals surface area contributed by atoms with E-state index in [1.54, 1.807) is 4.85 Å². The Morgan fingerprint density at radius 2 is 0.911 bits per heavy atom. The van der Waals surface area contributed by atoms with Gasteiger partial charge in [-0.3, -0.25) is 0 Å². The van der Waals surface area contributed by atoms with Gasteiger partial charge in [-0.05, 0) is 77.9 Å². The molecule has 242 valence electrons. The second-order valence-electron chi connectivity index (χ2n) is 10.4. The number of para-hydroxylation sites is 4. The van der Waals surface area contributed by atoms with E-state index in [4.69, 9.17) is 4.62 Å². The van der Waals surface area contributed by atoms with Crippen molar-refractivity contribution in [3.05, 3.63) is 114 Å². The molecular formula is C30H34F6N6OP2. The fraction of sp³-hybridized carbons (Fsp3) is 0.200. The average molecular weight is 671 g/mol. The third-order valence-corrected chi connectivity index (χ3v) is 10.4. The van der Waals surface area contributed by atoms with Gasteiger partial charge in [0.25, 0.3) is 0 Å². The Bertz CT molecular complexity index is 1670. The van der Waals surface area contributed by atoms with Crippen LogP contribution in [-0.4, -0.2) is 36.3 Å². The number of aryl methyl sites for hydroxylation is 3. The van der Waals surface area contributed by atoms with Gasteiger partial charge in [-0.2, -0.15) is 18.6 Å². The molecule has 0 N–H and O–H groups in total. The maximum atomic E-state index is 9.87.